The predicted octanol–water partition coefficient (Wildman–Crippen LogP) is 0.203. The Bertz CT molecular complexity index is 1790. The van der Waals surface area contributed by atoms with Gasteiger partial charge in [0.25, 0.3) is 5.56 Å². The molecule has 3 aliphatic rings. The highest BCUT2D eigenvalue weighted by Crippen LogP contribution is 2.58. The summed E-state index contributed by atoms with van der Waals surface area (Å²) in [6, 6.07) is 0. The van der Waals surface area contributed by atoms with Gasteiger partial charge in [-0.05, 0) is 0 Å². The molecule has 0 amide bonds. The van der Waals surface area contributed by atoms with E-state index in [2.05, 4.69) is 29.9 Å². The van der Waals surface area contributed by atoms with Crippen molar-refractivity contribution in [2.24, 2.45) is 0 Å². The standard InChI is InChI=1S/C20H23N9O10P2/c21-17-15-18(23-5-22-17)29(7-26-15)14-2-12-11(38-14)4-36-41(33,34)39-9-1-13(37-10(9)3-35-40(12,31)32)28-8-27-16-19(28)24-6-25-20(16)30/h5-14H,1-4H2,(H,31,32)(H,33,34)(H2,21,22,23)(H,24,25,30)/t9-,10?,11?,12-,13?,14?/m0/s1. The summed E-state index contributed by atoms with van der Waals surface area (Å²) >= 11 is 0. The molecule has 8 atom stereocenters. The number of hydrogen-bond acceptors (Lipinski definition) is 14. The number of rotatable bonds is 2. The Hall–Kier alpha value is -3.12. The van der Waals surface area contributed by atoms with Gasteiger partial charge in [0.1, 0.15) is 36.5 Å². The van der Waals surface area contributed by atoms with Crippen LogP contribution in [-0.4, -0.2) is 86.0 Å². The molecule has 4 aromatic heterocycles. The van der Waals surface area contributed by atoms with Crippen LogP contribution < -0.4 is 11.3 Å². The highest BCUT2D eigenvalue weighted by Gasteiger charge is 2.51. The van der Waals surface area contributed by atoms with Gasteiger partial charge in [0.05, 0.1) is 44.0 Å². The maximum atomic E-state index is 13.5. The van der Waals surface area contributed by atoms with E-state index in [4.69, 9.17) is 28.8 Å². The van der Waals surface area contributed by atoms with Crippen LogP contribution in [0.25, 0.3) is 22.3 Å². The lowest BCUT2D eigenvalue weighted by Gasteiger charge is -2.23. The lowest BCUT2D eigenvalue weighted by molar-refractivity contribution is -0.0418. The van der Waals surface area contributed by atoms with Crippen LogP contribution in [0.3, 0.4) is 0 Å². The van der Waals surface area contributed by atoms with Crippen molar-refractivity contribution in [2.45, 2.75) is 49.3 Å². The van der Waals surface area contributed by atoms with Crippen LogP contribution in [-0.2, 0) is 32.2 Å². The number of aromatic nitrogens is 8. The number of phosphoric acid groups is 1. The monoisotopic (exact) mass is 611 g/mol. The summed E-state index contributed by atoms with van der Waals surface area (Å²) in [5.41, 5.74) is 5.21. The Kier molecular flexibility index (Phi) is 6.35. The SMILES string of the molecule is Nc1ncnc2c1ncn2C1C[C@H]2C(COP(=O)(O)O[C@H]3CC(n4cnc5c(=O)[nH]cnc54)OC3COP2(=O)O)O1. The summed E-state index contributed by atoms with van der Waals surface area (Å²) in [4.78, 5) is 56.5. The number of H-pyrrole nitrogens is 1. The number of nitrogens with zero attached hydrogens (tertiary/aromatic N) is 7. The van der Waals surface area contributed by atoms with E-state index < -0.39 is 70.6 Å². The fourth-order valence-electron chi connectivity index (χ4n) is 5.31. The van der Waals surface area contributed by atoms with E-state index in [1.54, 1.807) is 0 Å². The topological polar surface area (TPSA) is 254 Å². The van der Waals surface area contributed by atoms with Gasteiger partial charge in [-0.3, -0.25) is 27.5 Å². The van der Waals surface area contributed by atoms with Crippen molar-refractivity contribution in [1.29, 1.82) is 0 Å². The van der Waals surface area contributed by atoms with Gasteiger partial charge in [0.2, 0.25) is 0 Å². The Balaban J connectivity index is 1.16. The molecule has 6 unspecified atom stereocenters. The normalized spacial score (nSPS) is 36.2. The third-order valence-electron chi connectivity index (χ3n) is 7.27. The fraction of sp³-hybridized carbons (Fsp3) is 0.500. The summed E-state index contributed by atoms with van der Waals surface area (Å²) in [7, 11) is -9.14. The zero-order chi connectivity index (χ0) is 28.5. The van der Waals surface area contributed by atoms with Gasteiger partial charge in [-0.25, -0.2) is 29.5 Å². The van der Waals surface area contributed by atoms with Gasteiger partial charge < -0.3 is 34.5 Å². The molecule has 0 radical (unpaired) electrons. The second-order valence-corrected chi connectivity index (χ2v) is 13.2. The zero-order valence-electron chi connectivity index (χ0n) is 20.9. The van der Waals surface area contributed by atoms with Crippen molar-refractivity contribution in [2.75, 3.05) is 18.9 Å². The zero-order valence-corrected chi connectivity index (χ0v) is 22.7. The number of phosphoric ester groups is 1. The number of imidazole rings is 2. The highest BCUT2D eigenvalue weighted by atomic mass is 31.2. The van der Waals surface area contributed by atoms with Crippen LogP contribution in [0, 0.1) is 0 Å². The molecule has 0 spiro atoms. The van der Waals surface area contributed by atoms with Gasteiger partial charge in [-0.15, -0.1) is 0 Å². The number of nitrogen functional groups attached to an aromatic ring is 1. The van der Waals surface area contributed by atoms with Crippen molar-refractivity contribution in [3.63, 3.8) is 0 Å². The first-order valence-corrected chi connectivity index (χ1v) is 15.5. The summed E-state index contributed by atoms with van der Waals surface area (Å²) < 4.78 is 57.7. The molecule has 5 N–H and O–H groups in total. The van der Waals surface area contributed by atoms with E-state index in [-0.39, 0.29) is 29.8 Å². The Morgan fingerprint density at radius 1 is 0.878 bits per heavy atom. The van der Waals surface area contributed by atoms with Crippen LogP contribution in [0.1, 0.15) is 25.3 Å². The molecule has 3 aliphatic heterocycles. The molecular weight excluding hydrogens is 588 g/mol. The van der Waals surface area contributed by atoms with E-state index in [0.29, 0.717) is 11.2 Å². The van der Waals surface area contributed by atoms with Gasteiger partial charge in [-0.2, -0.15) is 0 Å². The third kappa shape index (κ3) is 4.68. The lowest BCUT2D eigenvalue weighted by atomic mass is 10.2. The molecule has 218 valence electrons. The van der Waals surface area contributed by atoms with Crippen molar-refractivity contribution >= 4 is 43.6 Å². The van der Waals surface area contributed by atoms with Gasteiger partial charge in [0.15, 0.2) is 22.6 Å². The first-order chi connectivity index (χ1) is 19.6. The van der Waals surface area contributed by atoms with E-state index in [0.717, 1.165) is 0 Å². The summed E-state index contributed by atoms with van der Waals surface area (Å²) in [5.74, 6) is 0.149. The second kappa shape index (κ2) is 9.72. The van der Waals surface area contributed by atoms with Crippen LogP contribution >= 0.6 is 15.4 Å². The number of nitrogens with one attached hydrogen (secondary N) is 1. The van der Waals surface area contributed by atoms with Gasteiger partial charge in [0, 0.05) is 12.8 Å². The van der Waals surface area contributed by atoms with Crippen molar-refractivity contribution in [3.05, 3.63) is 35.7 Å². The molecule has 7 rings (SSSR count). The molecule has 3 saturated heterocycles. The lowest BCUT2D eigenvalue weighted by Crippen LogP contribution is -2.29. The Morgan fingerprint density at radius 2 is 1.56 bits per heavy atom. The molecule has 0 saturated carbocycles. The Morgan fingerprint density at radius 3 is 2.37 bits per heavy atom. The minimum absolute atomic E-state index is 0.00172. The summed E-state index contributed by atoms with van der Waals surface area (Å²) in [6.07, 6.45) is 0.226. The summed E-state index contributed by atoms with van der Waals surface area (Å²) in [5, 5.41) is 0. The maximum absolute atomic E-state index is 13.5. The first kappa shape index (κ1) is 26.8. The first-order valence-electron chi connectivity index (χ1n) is 12.4. The largest absolute Gasteiger partial charge is 0.472 e. The minimum atomic E-state index is -4.71. The van der Waals surface area contributed by atoms with E-state index in [1.165, 1.54) is 34.4 Å². The third-order valence-corrected chi connectivity index (χ3v) is 10.2. The average molecular weight is 611 g/mol. The number of hydrogen-bond donors (Lipinski definition) is 4. The van der Waals surface area contributed by atoms with Gasteiger partial charge in [-0.1, -0.05) is 0 Å². The molecule has 7 heterocycles. The molecule has 21 heteroatoms. The van der Waals surface area contributed by atoms with Crippen molar-refractivity contribution < 1.29 is 42.0 Å². The number of anilines is 1. The summed E-state index contributed by atoms with van der Waals surface area (Å²) in [6.45, 7) is -1.01. The maximum Gasteiger partial charge on any atom is 0.472 e. The molecule has 0 bridgehead atoms. The molecule has 4 aromatic rings. The number of fused-ring (bicyclic) bond motifs is 4. The number of ether oxygens (including phenoxy) is 2. The molecule has 0 aliphatic carbocycles. The minimum Gasteiger partial charge on any atom is -0.382 e. The van der Waals surface area contributed by atoms with E-state index in [9.17, 15) is 23.7 Å². The Labute approximate surface area is 228 Å². The molecule has 0 aromatic carbocycles. The van der Waals surface area contributed by atoms with Crippen molar-refractivity contribution in [3.8, 4) is 0 Å². The number of nitrogens with two attached hydrogens (primary N) is 1. The van der Waals surface area contributed by atoms with Crippen molar-refractivity contribution in [1.82, 2.24) is 39.0 Å². The smallest absolute Gasteiger partial charge is 0.382 e. The average Bonchev–Trinajstić information content (AvgIpc) is 3.70. The molecule has 3 fully saturated rings. The molecule has 19 nitrogen and oxygen atoms in total. The second-order valence-electron chi connectivity index (χ2n) is 9.70. The molecular formula is C20H23N9O10P2. The van der Waals surface area contributed by atoms with Crippen LogP contribution in [0.15, 0.2) is 30.1 Å². The molecule has 41 heavy (non-hydrogen) atoms. The van der Waals surface area contributed by atoms with Crippen LogP contribution in [0.5, 0.6) is 0 Å². The fourth-order valence-corrected chi connectivity index (χ4v) is 7.85. The van der Waals surface area contributed by atoms with E-state index >= 15 is 0 Å². The highest BCUT2D eigenvalue weighted by molar-refractivity contribution is 7.53. The van der Waals surface area contributed by atoms with Gasteiger partial charge >= 0.3 is 15.4 Å². The van der Waals surface area contributed by atoms with Crippen LogP contribution in [0.2, 0.25) is 0 Å². The number of aromatic amines is 1. The van der Waals surface area contributed by atoms with E-state index in [1.807, 2.05) is 0 Å². The predicted molar refractivity (Wildman–Crippen MR) is 135 cm³/mol. The quantitative estimate of drug-likeness (QED) is 0.221. The van der Waals surface area contributed by atoms with Crippen LogP contribution in [0.4, 0.5) is 5.82 Å².